The SMILES string of the molecule is CC1(C)c2ccc3c(c2-c2ccc4ccccc4c21)c1ccccc1n3-c1cccc(-c2ccccc2)n1. The average Bonchev–Trinajstić information content (AvgIpc) is 3.42. The van der Waals surface area contributed by atoms with Crippen LogP contribution in [0.3, 0.4) is 0 Å². The highest BCUT2D eigenvalue weighted by atomic mass is 15.1. The number of benzene rings is 5. The van der Waals surface area contributed by atoms with Crippen molar-refractivity contribution >= 4 is 32.6 Å². The highest BCUT2D eigenvalue weighted by molar-refractivity contribution is 6.18. The van der Waals surface area contributed by atoms with Crippen LogP contribution in [0.15, 0.2) is 121 Å². The number of para-hydroxylation sites is 1. The van der Waals surface area contributed by atoms with Crippen molar-refractivity contribution in [3.63, 3.8) is 0 Å². The maximum absolute atomic E-state index is 5.16. The molecule has 0 atom stereocenters. The van der Waals surface area contributed by atoms with E-state index in [0.29, 0.717) is 0 Å². The maximum atomic E-state index is 5.16. The Morgan fingerprint density at radius 3 is 2.24 bits per heavy atom. The molecule has 7 aromatic rings. The van der Waals surface area contributed by atoms with Crippen molar-refractivity contribution in [2.24, 2.45) is 0 Å². The molecule has 38 heavy (non-hydrogen) atoms. The van der Waals surface area contributed by atoms with Crippen molar-refractivity contribution in [2.75, 3.05) is 0 Å². The van der Waals surface area contributed by atoms with Crippen LogP contribution in [0.25, 0.3) is 60.8 Å². The highest BCUT2D eigenvalue weighted by Crippen LogP contribution is 2.55. The predicted octanol–water partition coefficient (Wildman–Crippen LogP) is 9.31. The number of hydrogen-bond acceptors (Lipinski definition) is 1. The van der Waals surface area contributed by atoms with Crippen LogP contribution in [0.2, 0.25) is 0 Å². The molecule has 0 saturated carbocycles. The zero-order valence-electron chi connectivity index (χ0n) is 21.4. The lowest BCUT2D eigenvalue weighted by molar-refractivity contribution is 0.666. The van der Waals surface area contributed by atoms with Gasteiger partial charge >= 0.3 is 0 Å². The lowest BCUT2D eigenvalue weighted by atomic mass is 9.80. The summed E-state index contributed by atoms with van der Waals surface area (Å²) in [5.41, 5.74) is 9.93. The fraction of sp³-hybridized carbons (Fsp3) is 0.0833. The summed E-state index contributed by atoms with van der Waals surface area (Å²) in [5, 5.41) is 5.23. The molecule has 0 aliphatic heterocycles. The van der Waals surface area contributed by atoms with E-state index in [9.17, 15) is 0 Å². The van der Waals surface area contributed by atoms with Gasteiger partial charge in [0.15, 0.2) is 0 Å². The van der Waals surface area contributed by atoms with E-state index < -0.39 is 0 Å². The van der Waals surface area contributed by atoms with Gasteiger partial charge in [0, 0.05) is 21.8 Å². The van der Waals surface area contributed by atoms with E-state index in [1.165, 1.54) is 54.8 Å². The maximum Gasteiger partial charge on any atom is 0.138 e. The first-order valence-electron chi connectivity index (χ1n) is 13.2. The molecule has 0 amide bonds. The van der Waals surface area contributed by atoms with Gasteiger partial charge in [0.2, 0.25) is 0 Å². The van der Waals surface area contributed by atoms with Crippen LogP contribution < -0.4 is 0 Å². The number of hydrogen-bond donors (Lipinski definition) is 0. The summed E-state index contributed by atoms with van der Waals surface area (Å²) < 4.78 is 2.34. The average molecular weight is 487 g/mol. The molecule has 0 fully saturated rings. The van der Waals surface area contributed by atoms with E-state index in [4.69, 9.17) is 4.98 Å². The molecule has 180 valence electrons. The molecular formula is C36H26N2. The minimum absolute atomic E-state index is 0.0889. The van der Waals surface area contributed by atoms with Crippen LogP contribution in [0, 0.1) is 0 Å². The third kappa shape index (κ3) is 2.80. The summed E-state index contributed by atoms with van der Waals surface area (Å²) >= 11 is 0. The lowest BCUT2D eigenvalue weighted by Crippen LogP contribution is -2.15. The standard InChI is InChI=1S/C36H26N2/c1-36(2)28-21-22-31-34(33(28)27-20-19-23-11-6-7-14-25(23)35(27)36)26-15-8-9-17-30(26)38(31)32-18-10-16-29(37-32)24-12-4-3-5-13-24/h3-22H,1-2H3. The molecule has 0 N–H and O–H groups in total. The second-order valence-electron chi connectivity index (χ2n) is 10.8. The summed E-state index contributed by atoms with van der Waals surface area (Å²) in [4.78, 5) is 5.16. The van der Waals surface area contributed by atoms with E-state index >= 15 is 0 Å². The molecule has 2 heteroatoms. The van der Waals surface area contributed by atoms with Crippen molar-refractivity contribution < 1.29 is 0 Å². The van der Waals surface area contributed by atoms with E-state index in [1.807, 2.05) is 6.07 Å². The first-order valence-corrected chi connectivity index (χ1v) is 13.2. The van der Waals surface area contributed by atoms with Gasteiger partial charge in [-0.1, -0.05) is 111 Å². The van der Waals surface area contributed by atoms with Crippen molar-refractivity contribution in [1.29, 1.82) is 0 Å². The first kappa shape index (κ1) is 21.4. The zero-order valence-corrected chi connectivity index (χ0v) is 21.4. The minimum Gasteiger partial charge on any atom is -0.294 e. The summed E-state index contributed by atoms with van der Waals surface area (Å²) in [7, 11) is 0. The van der Waals surface area contributed by atoms with Gasteiger partial charge in [-0.15, -0.1) is 0 Å². The van der Waals surface area contributed by atoms with E-state index in [0.717, 1.165) is 17.1 Å². The molecule has 0 bridgehead atoms. The quantitative estimate of drug-likeness (QED) is 0.238. The Kier molecular flexibility index (Phi) is 4.31. The van der Waals surface area contributed by atoms with Gasteiger partial charge in [-0.2, -0.15) is 0 Å². The molecule has 0 radical (unpaired) electrons. The fourth-order valence-electron chi connectivity index (χ4n) is 6.71. The second-order valence-corrected chi connectivity index (χ2v) is 10.8. The molecule has 2 aromatic heterocycles. The molecule has 2 nitrogen and oxygen atoms in total. The Hall–Kier alpha value is -4.69. The molecule has 8 rings (SSSR count). The fourth-order valence-corrected chi connectivity index (χ4v) is 6.71. The minimum atomic E-state index is -0.0889. The van der Waals surface area contributed by atoms with Gasteiger partial charge in [0.25, 0.3) is 0 Å². The number of fused-ring (bicyclic) bond motifs is 9. The number of rotatable bonds is 2. The van der Waals surface area contributed by atoms with Crippen LogP contribution >= 0.6 is 0 Å². The third-order valence-electron chi connectivity index (χ3n) is 8.37. The Labute approximate surface area is 221 Å². The third-order valence-corrected chi connectivity index (χ3v) is 8.37. The van der Waals surface area contributed by atoms with Gasteiger partial charge in [0.05, 0.1) is 16.7 Å². The normalized spacial score (nSPS) is 13.7. The predicted molar refractivity (Wildman–Crippen MR) is 159 cm³/mol. The van der Waals surface area contributed by atoms with Crippen molar-refractivity contribution in [1.82, 2.24) is 9.55 Å². The summed E-state index contributed by atoms with van der Waals surface area (Å²) in [5.74, 6) is 0.938. The van der Waals surface area contributed by atoms with Crippen molar-refractivity contribution in [2.45, 2.75) is 19.3 Å². The summed E-state index contributed by atoms with van der Waals surface area (Å²) in [6, 6.07) is 43.6. The molecule has 5 aromatic carbocycles. The van der Waals surface area contributed by atoms with Gasteiger partial charge in [0.1, 0.15) is 5.82 Å². The van der Waals surface area contributed by atoms with Gasteiger partial charge in [-0.25, -0.2) is 4.98 Å². The largest absolute Gasteiger partial charge is 0.294 e. The zero-order chi connectivity index (χ0) is 25.4. The van der Waals surface area contributed by atoms with E-state index in [2.05, 4.69) is 134 Å². The van der Waals surface area contributed by atoms with Gasteiger partial charge in [-0.05, 0) is 57.3 Å². The highest BCUT2D eigenvalue weighted by Gasteiger charge is 2.38. The molecule has 0 spiro atoms. The van der Waals surface area contributed by atoms with Gasteiger partial charge in [-0.3, -0.25) is 4.57 Å². The molecular weight excluding hydrogens is 460 g/mol. The van der Waals surface area contributed by atoms with Crippen molar-refractivity contribution in [3.8, 4) is 28.2 Å². The number of aromatic nitrogens is 2. The van der Waals surface area contributed by atoms with Crippen LogP contribution in [0.1, 0.15) is 25.0 Å². The Bertz CT molecular complexity index is 2040. The van der Waals surface area contributed by atoms with E-state index in [-0.39, 0.29) is 5.41 Å². The van der Waals surface area contributed by atoms with E-state index in [1.54, 1.807) is 0 Å². The number of nitrogens with zero attached hydrogens (tertiary/aromatic N) is 2. The topological polar surface area (TPSA) is 17.8 Å². The van der Waals surface area contributed by atoms with Crippen LogP contribution in [-0.4, -0.2) is 9.55 Å². The lowest BCUT2D eigenvalue weighted by Gasteiger charge is -2.23. The molecule has 0 unspecified atom stereocenters. The van der Waals surface area contributed by atoms with Crippen LogP contribution in [0.4, 0.5) is 0 Å². The van der Waals surface area contributed by atoms with Gasteiger partial charge < -0.3 is 0 Å². The molecule has 1 aliphatic rings. The molecule has 2 heterocycles. The van der Waals surface area contributed by atoms with Crippen LogP contribution in [-0.2, 0) is 5.41 Å². The monoisotopic (exact) mass is 486 g/mol. The molecule has 0 saturated heterocycles. The summed E-state index contributed by atoms with van der Waals surface area (Å²) in [6.45, 7) is 4.75. The Balaban J connectivity index is 1.48. The van der Waals surface area contributed by atoms with Crippen LogP contribution in [0.5, 0.6) is 0 Å². The second kappa shape index (κ2) is 7.66. The Morgan fingerprint density at radius 1 is 0.605 bits per heavy atom. The molecule has 1 aliphatic carbocycles. The smallest absolute Gasteiger partial charge is 0.138 e. The first-order chi connectivity index (χ1) is 18.6. The Morgan fingerprint density at radius 2 is 1.37 bits per heavy atom. The summed E-state index contributed by atoms with van der Waals surface area (Å²) in [6.07, 6.45) is 0. The van der Waals surface area contributed by atoms with Crippen molar-refractivity contribution in [3.05, 3.63) is 132 Å². The number of pyridine rings is 1.